The van der Waals surface area contributed by atoms with Crippen LogP contribution in [-0.2, 0) is 0 Å². The van der Waals surface area contributed by atoms with Crippen molar-refractivity contribution < 1.29 is 9.18 Å². The Morgan fingerprint density at radius 3 is 2.60 bits per heavy atom. The number of carbonyl (C=O) groups excluding carboxylic acids is 1. The Morgan fingerprint density at radius 1 is 1.20 bits per heavy atom. The van der Waals surface area contributed by atoms with Crippen LogP contribution in [-0.4, -0.2) is 5.91 Å². The van der Waals surface area contributed by atoms with Gasteiger partial charge in [-0.3, -0.25) is 4.79 Å². The van der Waals surface area contributed by atoms with E-state index in [2.05, 4.69) is 5.32 Å². The molecule has 20 heavy (non-hydrogen) atoms. The monoisotopic (exact) mass is 308 g/mol. The zero-order valence-electron chi connectivity index (χ0n) is 9.95. The van der Waals surface area contributed by atoms with Gasteiger partial charge in [-0.05, 0) is 36.4 Å². The van der Waals surface area contributed by atoms with Crippen molar-refractivity contribution in [1.82, 2.24) is 0 Å². The topological polar surface area (TPSA) is 52.9 Å². The first kappa shape index (κ1) is 14.3. The lowest BCUT2D eigenvalue weighted by Gasteiger charge is -2.08. The second kappa shape index (κ2) is 5.91. The molecule has 1 N–H and O–H groups in total. The van der Waals surface area contributed by atoms with Crippen LogP contribution in [0.4, 0.5) is 10.1 Å². The summed E-state index contributed by atoms with van der Waals surface area (Å²) >= 11 is 11.7. The quantitative estimate of drug-likeness (QED) is 0.901. The first-order chi connectivity index (χ1) is 9.51. The molecule has 0 aliphatic carbocycles. The van der Waals surface area contributed by atoms with E-state index in [-0.39, 0.29) is 21.8 Å². The maximum Gasteiger partial charge on any atom is 0.258 e. The van der Waals surface area contributed by atoms with Gasteiger partial charge < -0.3 is 5.32 Å². The van der Waals surface area contributed by atoms with E-state index in [0.717, 1.165) is 6.07 Å². The normalized spacial score (nSPS) is 9.90. The highest BCUT2D eigenvalue weighted by Crippen LogP contribution is 2.26. The number of nitrogens with one attached hydrogen (secondary N) is 1. The van der Waals surface area contributed by atoms with E-state index in [1.807, 2.05) is 0 Å². The van der Waals surface area contributed by atoms with Gasteiger partial charge in [0, 0.05) is 5.02 Å². The number of nitrogens with zero attached hydrogens (tertiary/aromatic N) is 1. The van der Waals surface area contributed by atoms with Crippen LogP contribution < -0.4 is 5.32 Å². The molecule has 2 aromatic rings. The molecule has 0 aromatic heterocycles. The van der Waals surface area contributed by atoms with Gasteiger partial charge in [-0.2, -0.15) is 5.26 Å². The van der Waals surface area contributed by atoms with E-state index in [4.69, 9.17) is 28.5 Å². The molecule has 0 saturated carbocycles. The Bertz CT molecular complexity index is 726. The van der Waals surface area contributed by atoms with Crippen molar-refractivity contribution in [1.29, 1.82) is 5.26 Å². The summed E-state index contributed by atoms with van der Waals surface area (Å²) in [4.78, 5) is 12.0. The van der Waals surface area contributed by atoms with Gasteiger partial charge >= 0.3 is 0 Å². The van der Waals surface area contributed by atoms with Gasteiger partial charge in [0.1, 0.15) is 5.82 Å². The molecule has 3 nitrogen and oxygen atoms in total. The van der Waals surface area contributed by atoms with Crippen LogP contribution in [0.2, 0.25) is 10.0 Å². The highest BCUT2D eigenvalue weighted by atomic mass is 35.5. The van der Waals surface area contributed by atoms with Gasteiger partial charge in [-0.25, -0.2) is 4.39 Å². The van der Waals surface area contributed by atoms with Crippen molar-refractivity contribution in [3.63, 3.8) is 0 Å². The fourth-order valence-corrected chi connectivity index (χ4v) is 1.89. The SMILES string of the molecule is N#Cc1ccc(C(=O)Nc2cc(Cl)ccc2Cl)c(F)c1. The Labute approximate surface area is 124 Å². The Morgan fingerprint density at radius 2 is 1.95 bits per heavy atom. The van der Waals surface area contributed by atoms with Crippen LogP contribution in [0.5, 0.6) is 0 Å². The fraction of sp³-hybridized carbons (Fsp3) is 0. The van der Waals surface area contributed by atoms with E-state index in [1.165, 1.54) is 24.3 Å². The number of rotatable bonds is 2. The third kappa shape index (κ3) is 3.08. The molecule has 0 atom stereocenters. The van der Waals surface area contributed by atoms with Gasteiger partial charge in [0.05, 0.1) is 27.9 Å². The second-order valence-electron chi connectivity index (χ2n) is 3.88. The molecule has 2 aromatic carbocycles. The molecule has 0 radical (unpaired) electrons. The largest absolute Gasteiger partial charge is 0.320 e. The van der Waals surface area contributed by atoms with E-state index >= 15 is 0 Å². The molecule has 0 aliphatic rings. The molecule has 0 aliphatic heterocycles. The molecule has 0 unspecified atom stereocenters. The van der Waals surface area contributed by atoms with Crippen molar-refractivity contribution in [2.75, 3.05) is 5.32 Å². The minimum Gasteiger partial charge on any atom is -0.320 e. The Kier molecular flexibility index (Phi) is 4.23. The van der Waals surface area contributed by atoms with Crippen LogP contribution in [0.15, 0.2) is 36.4 Å². The summed E-state index contributed by atoms with van der Waals surface area (Å²) in [5.41, 5.74) is 0.243. The molecule has 6 heteroatoms. The van der Waals surface area contributed by atoms with Gasteiger partial charge in [-0.1, -0.05) is 23.2 Å². The number of benzene rings is 2. The average Bonchev–Trinajstić information content (AvgIpc) is 2.42. The summed E-state index contributed by atoms with van der Waals surface area (Å²) in [5.74, 6) is -1.45. The van der Waals surface area contributed by atoms with Crippen LogP contribution in [0.1, 0.15) is 15.9 Å². The predicted molar refractivity (Wildman–Crippen MR) is 75.5 cm³/mol. The smallest absolute Gasteiger partial charge is 0.258 e. The van der Waals surface area contributed by atoms with Crippen molar-refractivity contribution in [2.45, 2.75) is 0 Å². The third-order valence-corrected chi connectivity index (χ3v) is 3.08. The number of halogens is 3. The van der Waals surface area contributed by atoms with Crippen LogP contribution in [0, 0.1) is 17.1 Å². The molecular weight excluding hydrogens is 302 g/mol. The predicted octanol–water partition coefficient (Wildman–Crippen LogP) is 4.26. The van der Waals surface area contributed by atoms with Gasteiger partial charge in [0.15, 0.2) is 0 Å². The van der Waals surface area contributed by atoms with Gasteiger partial charge in [-0.15, -0.1) is 0 Å². The van der Waals surface area contributed by atoms with E-state index < -0.39 is 11.7 Å². The zero-order valence-corrected chi connectivity index (χ0v) is 11.5. The number of hydrogen-bond donors (Lipinski definition) is 1. The molecule has 100 valence electrons. The molecular formula is C14H7Cl2FN2O. The van der Waals surface area contributed by atoms with Crippen molar-refractivity contribution in [3.05, 3.63) is 63.4 Å². The lowest BCUT2D eigenvalue weighted by molar-refractivity contribution is 0.102. The second-order valence-corrected chi connectivity index (χ2v) is 4.73. The highest BCUT2D eigenvalue weighted by molar-refractivity contribution is 6.35. The minimum absolute atomic E-state index is 0.139. The lowest BCUT2D eigenvalue weighted by Crippen LogP contribution is -2.14. The summed E-state index contributed by atoms with van der Waals surface area (Å²) in [6.45, 7) is 0. The first-order valence-electron chi connectivity index (χ1n) is 5.47. The minimum atomic E-state index is -0.778. The lowest BCUT2D eigenvalue weighted by atomic mass is 10.1. The summed E-state index contributed by atoms with van der Waals surface area (Å²) in [6, 6.07) is 9.94. The molecule has 0 bridgehead atoms. The molecule has 0 fully saturated rings. The van der Waals surface area contributed by atoms with Crippen molar-refractivity contribution in [2.24, 2.45) is 0 Å². The molecule has 1 amide bonds. The van der Waals surface area contributed by atoms with E-state index in [9.17, 15) is 9.18 Å². The number of anilines is 1. The number of amides is 1. The molecule has 0 spiro atoms. The third-order valence-electron chi connectivity index (χ3n) is 2.52. The Balaban J connectivity index is 2.29. The van der Waals surface area contributed by atoms with E-state index in [1.54, 1.807) is 12.1 Å². The van der Waals surface area contributed by atoms with E-state index in [0.29, 0.717) is 5.02 Å². The van der Waals surface area contributed by atoms with Crippen molar-refractivity contribution in [3.8, 4) is 6.07 Å². The summed E-state index contributed by atoms with van der Waals surface area (Å²) in [6.07, 6.45) is 0. The van der Waals surface area contributed by atoms with Crippen LogP contribution in [0.3, 0.4) is 0 Å². The number of nitriles is 1. The first-order valence-corrected chi connectivity index (χ1v) is 6.23. The standard InChI is InChI=1S/C14H7Cl2FN2O/c15-9-2-4-11(16)13(6-9)19-14(20)10-3-1-8(7-18)5-12(10)17/h1-6H,(H,19,20). The Hall–Kier alpha value is -2.09. The molecule has 0 heterocycles. The summed E-state index contributed by atoms with van der Waals surface area (Å²) < 4.78 is 13.7. The van der Waals surface area contributed by atoms with Gasteiger partial charge in [0.2, 0.25) is 0 Å². The summed E-state index contributed by atoms with van der Waals surface area (Å²) in [7, 11) is 0. The fourth-order valence-electron chi connectivity index (χ4n) is 1.55. The van der Waals surface area contributed by atoms with Crippen LogP contribution in [0.25, 0.3) is 0 Å². The zero-order chi connectivity index (χ0) is 14.7. The van der Waals surface area contributed by atoms with Crippen molar-refractivity contribution >= 4 is 34.8 Å². The number of carbonyl (C=O) groups is 1. The summed E-state index contributed by atoms with van der Waals surface area (Å²) in [5, 5.41) is 11.8. The van der Waals surface area contributed by atoms with Crippen LogP contribution >= 0.6 is 23.2 Å². The maximum absolute atomic E-state index is 13.7. The molecule has 0 saturated heterocycles. The van der Waals surface area contributed by atoms with Gasteiger partial charge in [0.25, 0.3) is 5.91 Å². The molecule has 2 rings (SSSR count). The maximum atomic E-state index is 13.7. The highest BCUT2D eigenvalue weighted by Gasteiger charge is 2.14. The number of hydrogen-bond acceptors (Lipinski definition) is 2. The average molecular weight is 309 g/mol.